The SMILES string of the molecule is COc1ccc(F)cc1Cn1cc(C(=O)O)ccc1=O. The zero-order valence-corrected chi connectivity index (χ0v) is 10.7. The molecular formula is C14H12FNO4. The number of methoxy groups -OCH3 is 1. The number of benzene rings is 1. The lowest BCUT2D eigenvalue weighted by atomic mass is 10.2. The van der Waals surface area contributed by atoms with Crippen molar-refractivity contribution in [2.24, 2.45) is 0 Å². The molecule has 5 nitrogen and oxygen atoms in total. The molecule has 0 aliphatic carbocycles. The van der Waals surface area contributed by atoms with Crippen molar-refractivity contribution in [1.82, 2.24) is 4.57 Å². The molecule has 0 aliphatic heterocycles. The van der Waals surface area contributed by atoms with E-state index in [1.807, 2.05) is 0 Å². The Morgan fingerprint density at radius 3 is 2.75 bits per heavy atom. The van der Waals surface area contributed by atoms with Crippen LogP contribution < -0.4 is 10.3 Å². The summed E-state index contributed by atoms with van der Waals surface area (Å²) in [5, 5.41) is 8.91. The topological polar surface area (TPSA) is 68.5 Å². The summed E-state index contributed by atoms with van der Waals surface area (Å²) < 4.78 is 19.5. The molecule has 0 amide bonds. The Morgan fingerprint density at radius 2 is 2.10 bits per heavy atom. The second-order valence-corrected chi connectivity index (χ2v) is 4.15. The summed E-state index contributed by atoms with van der Waals surface area (Å²) in [6.07, 6.45) is 1.22. The average Bonchev–Trinajstić information content (AvgIpc) is 2.41. The van der Waals surface area contributed by atoms with E-state index in [-0.39, 0.29) is 17.7 Å². The van der Waals surface area contributed by atoms with Gasteiger partial charge in [0.05, 0.1) is 19.2 Å². The average molecular weight is 277 g/mol. The maximum Gasteiger partial charge on any atom is 0.337 e. The highest BCUT2D eigenvalue weighted by atomic mass is 19.1. The molecule has 1 heterocycles. The molecule has 2 aromatic rings. The van der Waals surface area contributed by atoms with Crippen molar-refractivity contribution in [3.05, 3.63) is 63.8 Å². The van der Waals surface area contributed by atoms with Crippen LogP contribution >= 0.6 is 0 Å². The molecule has 0 spiro atoms. The maximum absolute atomic E-state index is 13.3. The van der Waals surface area contributed by atoms with E-state index in [2.05, 4.69) is 0 Å². The fraction of sp³-hybridized carbons (Fsp3) is 0.143. The van der Waals surface area contributed by atoms with Gasteiger partial charge in [0, 0.05) is 17.8 Å². The first-order valence-electron chi connectivity index (χ1n) is 5.77. The molecule has 0 fully saturated rings. The fourth-order valence-corrected chi connectivity index (χ4v) is 1.84. The highest BCUT2D eigenvalue weighted by Gasteiger charge is 2.09. The predicted molar refractivity (Wildman–Crippen MR) is 69.7 cm³/mol. The van der Waals surface area contributed by atoms with Gasteiger partial charge in [-0.05, 0) is 24.3 Å². The normalized spacial score (nSPS) is 10.3. The molecule has 0 atom stereocenters. The number of hydrogen-bond acceptors (Lipinski definition) is 3. The van der Waals surface area contributed by atoms with Gasteiger partial charge >= 0.3 is 5.97 Å². The van der Waals surface area contributed by atoms with Crippen molar-refractivity contribution < 1.29 is 19.0 Å². The number of rotatable bonds is 4. The summed E-state index contributed by atoms with van der Waals surface area (Å²) in [5.41, 5.74) is 0.0680. The fourth-order valence-electron chi connectivity index (χ4n) is 1.84. The third-order valence-corrected chi connectivity index (χ3v) is 2.81. The van der Waals surface area contributed by atoms with E-state index in [0.717, 1.165) is 6.07 Å². The zero-order valence-electron chi connectivity index (χ0n) is 10.7. The molecule has 6 heteroatoms. The molecule has 0 saturated heterocycles. The molecule has 1 aromatic carbocycles. The molecule has 2 rings (SSSR count). The third-order valence-electron chi connectivity index (χ3n) is 2.81. The molecule has 0 bridgehead atoms. The predicted octanol–water partition coefficient (Wildman–Crippen LogP) is 1.74. The smallest absolute Gasteiger partial charge is 0.337 e. The number of carboxylic acid groups (broad SMARTS) is 1. The van der Waals surface area contributed by atoms with Crippen molar-refractivity contribution in [1.29, 1.82) is 0 Å². The van der Waals surface area contributed by atoms with Crippen LogP contribution in [0.3, 0.4) is 0 Å². The number of carboxylic acids is 1. The van der Waals surface area contributed by atoms with Gasteiger partial charge in [-0.25, -0.2) is 9.18 Å². The van der Waals surface area contributed by atoms with Crippen LogP contribution in [0.15, 0.2) is 41.3 Å². The maximum atomic E-state index is 13.3. The first kappa shape index (κ1) is 13.8. The summed E-state index contributed by atoms with van der Waals surface area (Å²) in [6, 6.07) is 6.34. The number of aromatic carboxylic acids is 1. The minimum atomic E-state index is -1.13. The van der Waals surface area contributed by atoms with Gasteiger partial charge < -0.3 is 14.4 Å². The third kappa shape index (κ3) is 2.85. The standard InChI is InChI=1S/C14H12FNO4/c1-20-12-4-3-11(15)6-10(12)8-16-7-9(14(18)19)2-5-13(16)17/h2-7H,8H2,1H3,(H,18,19). The number of carbonyl (C=O) groups is 1. The number of aromatic nitrogens is 1. The molecule has 1 N–H and O–H groups in total. The van der Waals surface area contributed by atoms with Crippen molar-refractivity contribution in [2.45, 2.75) is 6.54 Å². The second-order valence-electron chi connectivity index (χ2n) is 4.15. The van der Waals surface area contributed by atoms with Crippen LogP contribution in [0.4, 0.5) is 4.39 Å². The lowest BCUT2D eigenvalue weighted by molar-refractivity contribution is 0.0696. The molecule has 0 saturated carbocycles. The summed E-state index contributed by atoms with van der Waals surface area (Å²) >= 11 is 0. The lowest BCUT2D eigenvalue weighted by Crippen LogP contribution is -2.21. The summed E-state index contributed by atoms with van der Waals surface area (Å²) in [4.78, 5) is 22.6. The van der Waals surface area contributed by atoms with E-state index in [4.69, 9.17) is 9.84 Å². The molecule has 1 aromatic heterocycles. The molecule has 0 unspecified atom stereocenters. The van der Waals surface area contributed by atoms with Gasteiger partial charge in [-0.15, -0.1) is 0 Å². The van der Waals surface area contributed by atoms with Crippen molar-refractivity contribution in [2.75, 3.05) is 7.11 Å². The minimum Gasteiger partial charge on any atom is -0.496 e. The number of hydrogen-bond donors (Lipinski definition) is 1. The van der Waals surface area contributed by atoms with Gasteiger partial charge in [0.25, 0.3) is 5.56 Å². The van der Waals surface area contributed by atoms with E-state index in [0.29, 0.717) is 11.3 Å². The van der Waals surface area contributed by atoms with Gasteiger partial charge in [0.2, 0.25) is 0 Å². The van der Waals surface area contributed by atoms with Gasteiger partial charge in [-0.1, -0.05) is 0 Å². The van der Waals surface area contributed by atoms with E-state index < -0.39 is 11.8 Å². The summed E-state index contributed by atoms with van der Waals surface area (Å²) in [6.45, 7) is 0.0287. The first-order chi connectivity index (χ1) is 9.51. The molecular weight excluding hydrogens is 265 g/mol. The summed E-state index contributed by atoms with van der Waals surface area (Å²) in [7, 11) is 1.44. The van der Waals surface area contributed by atoms with Gasteiger partial charge in [0.1, 0.15) is 11.6 Å². The molecule has 20 heavy (non-hydrogen) atoms. The first-order valence-corrected chi connectivity index (χ1v) is 5.77. The van der Waals surface area contributed by atoms with E-state index in [9.17, 15) is 14.0 Å². The van der Waals surface area contributed by atoms with Crippen LogP contribution in [-0.4, -0.2) is 22.8 Å². The number of nitrogens with zero attached hydrogens (tertiary/aromatic N) is 1. The molecule has 104 valence electrons. The zero-order chi connectivity index (χ0) is 14.7. The van der Waals surface area contributed by atoms with Crippen LogP contribution in [0.1, 0.15) is 15.9 Å². The van der Waals surface area contributed by atoms with Crippen LogP contribution in [0.5, 0.6) is 5.75 Å². The Bertz CT molecular complexity index is 709. The van der Waals surface area contributed by atoms with Crippen LogP contribution in [0, 0.1) is 5.82 Å². The van der Waals surface area contributed by atoms with E-state index in [1.54, 1.807) is 0 Å². The van der Waals surface area contributed by atoms with E-state index >= 15 is 0 Å². The number of ether oxygens (including phenoxy) is 1. The van der Waals surface area contributed by atoms with Crippen molar-refractivity contribution >= 4 is 5.97 Å². The Labute approximate surface area is 113 Å². The summed E-state index contributed by atoms with van der Waals surface area (Å²) in [5.74, 6) is -1.16. The monoisotopic (exact) mass is 277 g/mol. The number of halogens is 1. The van der Waals surface area contributed by atoms with Gasteiger partial charge in [-0.3, -0.25) is 4.79 Å². The largest absolute Gasteiger partial charge is 0.496 e. The number of pyridine rings is 1. The van der Waals surface area contributed by atoms with Gasteiger partial charge in [-0.2, -0.15) is 0 Å². The lowest BCUT2D eigenvalue weighted by Gasteiger charge is -2.11. The highest BCUT2D eigenvalue weighted by molar-refractivity contribution is 5.87. The van der Waals surface area contributed by atoms with Crippen molar-refractivity contribution in [3.63, 3.8) is 0 Å². The van der Waals surface area contributed by atoms with Crippen LogP contribution in [0.25, 0.3) is 0 Å². The van der Waals surface area contributed by atoms with Crippen LogP contribution in [-0.2, 0) is 6.54 Å². The molecule has 0 radical (unpaired) electrons. The Hall–Kier alpha value is -2.63. The minimum absolute atomic E-state index is 0.0139. The second kappa shape index (κ2) is 5.56. The van der Waals surface area contributed by atoms with Gasteiger partial charge in [0.15, 0.2) is 0 Å². The Balaban J connectivity index is 2.44. The Morgan fingerprint density at radius 1 is 1.35 bits per heavy atom. The quantitative estimate of drug-likeness (QED) is 0.924. The van der Waals surface area contributed by atoms with Crippen LogP contribution in [0.2, 0.25) is 0 Å². The van der Waals surface area contributed by atoms with Crippen molar-refractivity contribution in [3.8, 4) is 5.75 Å². The highest BCUT2D eigenvalue weighted by Crippen LogP contribution is 2.20. The molecule has 0 aliphatic rings. The Kier molecular flexibility index (Phi) is 3.84. The van der Waals surface area contributed by atoms with E-state index in [1.165, 1.54) is 42.1 Å².